The Morgan fingerprint density at radius 1 is 1.21 bits per heavy atom. The molecular formula is C22H36N4O3. The monoisotopic (exact) mass is 404 g/mol. The maximum absolute atomic E-state index is 12.6. The summed E-state index contributed by atoms with van der Waals surface area (Å²) in [5, 5.41) is 11.3. The number of nitrogens with zero attached hydrogens (tertiary/aromatic N) is 4. The molecule has 29 heavy (non-hydrogen) atoms. The Morgan fingerprint density at radius 2 is 1.93 bits per heavy atom. The van der Waals surface area contributed by atoms with E-state index in [1.54, 1.807) is 12.0 Å². The van der Waals surface area contributed by atoms with E-state index >= 15 is 0 Å². The molecule has 3 rings (SSSR count). The zero-order valence-electron chi connectivity index (χ0n) is 18.3. The van der Waals surface area contributed by atoms with E-state index in [0.29, 0.717) is 13.1 Å². The summed E-state index contributed by atoms with van der Waals surface area (Å²) >= 11 is 0. The maximum Gasteiger partial charge on any atom is 0.227 e. The Hall–Kier alpha value is -1.83. The summed E-state index contributed by atoms with van der Waals surface area (Å²) in [6, 6.07) is 8.09. The van der Waals surface area contributed by atoms with Gasteiger partial charge in [-0.1, -0.05) is 6.07 Å². The number of β-amino-alcohol motifs (C(OH)–C–C–N with tert-alkyl or cyclic N) is 1. The van der Waals surface area contributed by atoms with E-state index in [1.807, 2.05) is 32.3 Å². The highest BCUT2D eigenvalue weighted by Gasteiger charge is 2.36. The third-order valence-electron chi connectivity index (χ3n) is 6.23. The molecule has 0 saturated carbocycles. The van der Waals surface area contributed by atoms with Crippen LogP contribution in [0.15, 0.2) is 24.3 Å². The second-order valence-electron chi connectivity index (χ2n) is 8.84. The van der Waals surface area contributed by atoms with E-state index in [9.17, 15) is 9.90 Å². The summed E-state index contributed by atoms with van der Waals surface area (Å²) < 4.78 is 5.34. The lowest BCUT2D eigenvalue weighted by Crippen LogP contribution is -2.52. The van der Waals surface area contributed by atoms with Crippen LogP contribution in [0.2, 0.25) is 0 Å². The number of aliphatic hydroxyl groups is 1. The van der Waals surface area contributed by atoms with Gasteiger partial charge in [-0.3, -0.25) is 9.69 Å². The van der Waals surface area contributed by atoms with Crippen molar-refractivity contribution in [1.82, 2.24) is 14.7 Å². The van der Waals surface area contributed by atoms with E-state index in [-0.39, 0.29) is 11.8 Å². The Bertz CT molecular complexity index is 688. The van der Waals surface area contributed by atoms with Crippen molar-refractivity contribution in [2.75, 3.05) is 79.0 Å². The van der Waals surface area contributed by atoms with Crippen molar-refractivity contribution >= 4 is 11.6 Å². The zero-order chi connectivity index (χ0) is 21.0. The van der Waals surface area contributed by atoms with Crippen molar-refractivity contribution in [2.24, 2.45) is 5.92 Å². The van der Waals surface area contributed by atoms with E-state index in [4.69, 9.17) is 4.74 Å². The van der Waals surface area contributed by atoms with E-state index < -0.39 is 5.60 Å². The summed E-state index contributed by atoms with van der Waals surface area (Å²) in [6.07, 6.45) is 1.45. The fourth-order valence-electron chi connectivity index (χ4n) is 4.47. The van der Waals surface area contributed by atoms with Crippen LogP contribution in [-0.2, 0) is 4.79 Å². The highest BCUT2D eigenvalue weighted by Crippen LogP contribution is 2.29. The van der Waals surface area contributed by atoms with Gasteiger partial charge in [0.2, 0.25) is 5.91 Å². The summed E-state index contributed by atoms with van der Waals surface area (Å²) in [7, 11) is 7.39. The number of methoxy groups -OCH3 is 1. The number of amides is 1. The normalized spacial score (nSPS) is 23.5. The Morgan fingerprint density at radius 3 is 2.59 bits per heavy atom. The topological polar surface area (TPSA) is 59.5 Å². The van der Waals surface area contributed by atoms with Crippen molar-refractivity contribution in [3.63, 3.8) is 0 Å². The van der Waals surface area contributed by atoms with Gasteiger partial charge >= 0.3 is 0 Å². The molecular weight excluding hydrogens is 368 g/mol. The van der Waals surface area contributed by atoms with Crippen molar-refractivity contribution in [3.8, 4) is 5.75 Å². The van der Waals surface area contributed by atoms with Crippen LogP contribution < -0.4 is 9.64 Å². The first-order chi connectivity index (χ1) is 13.8. The molecule has 0 aromatic heterocycles. The molecule has 2 aliphatic heterocycles. The molecule has 162 valence electrons. The number of carbonyl (C=O) groups excluding carboxylic acids is 1. The first-order valence-corrected chi connectivity index (χ1v) is 10.5. The van der Waals surface area contributed by atoms with Crippen LogP contribution in [0.5, 0.6) is 5.75 Å². The molecule has 7 nitrogen and oxygen atoms in total. The minimum atomic E-state index is -0.704. The Labute approximate surface area is 174 Å². The number of likely N-dealkylation sites (N-methyl/N-ethyl adjacent to an activating group) is 1. The molecule has 7 heteroatoms. The molecule has 2 fully saturated rings. The van der Waals surface area contributed by atoms with Crippen LogP contribution >= 0.6 is 0 Å². The summed E-state index contributed by atoms with van der Waals surface area (Å²) in [6.45, 7) is 5.55. The van der Waals surface area contributed by atoms with Crippen LogP contribution in [0.25, 0.3) is 0 Å². The quantitative estimate of drug-likeness (QED) is 0.790. The lowest BCUT2D eigenvalue weighted by atomic mass is 9.90. The molecule has 2 heterocycles. The van der Waals surface area contributed by atoms with Gasteiger partial charge in [0.1, 0.15) is 5.75 Å². The number of piperidine rings is 1. The number of hydrogen-bond acceptors (Lipinski definition) is 6. The molecule has 1 atom stereocenters. The zero-order valence-corrected chi connectivity index (χ0v) is 18.3. The molecule has 1 aromatic rings. The predicted octanol–water partition coefficient (Wildman–Crippen LogP) is 0.978. The van der Waals surface area contributed by atoms with Gasteiger partial charge in [0.05, 0.1) is 18.6 Å². The van der Waals surface area contributed by atoms with E-state index in [2.05, 4.69) is 27.8 Å². The first-order valence-electron chi connectivity index (χ1n) is 10.5. The standard InChI is InChI=1S/C22H36N4O3/c1-23(2)21(27)18-15-24(3)12-13-25(16-18)17-22(28)8-10-26(11-9-22)19-6-5-7-20(14-19)29-4/h5-7,14,18,28H,8-13,15-17H2,1-4H3. The number of carbonyl (C=O) groups is 1. The number of ether oxygens (including phenoxy) is 1. The summed E-state index contributed by atoms with van der Waals surface area (Å²) in [5.74, 6) is 0.982. The molecule has 0 aliphatic carbocycles. The minimum absolute atomic E-state index is 0.0435. The van der Waals surface area contributed by atoms with E-state index in [0.717, 1.165) is 57.0 Å². The number of benzene rings is 1. The molecule has 0 spiro atoms. The van der Waals surface area contributed by atoms with Gasteiger partial charge in [-0.25, -0.2) is 0 Å². The third-order valence-corrected chi connectivity index (χ3v) is 6.23. The Kier molecular flexibility index (Phi) is 7.03. The summed E-state index contributed by atoms with van der Waals surface area (Å²) in [4.78, 5) is 21.1. The number of rotatable bonds is 5. The fourth-order valence-corrected chi connectivity index (χ4v) is 4.47. The van der Waals surface area contributed by atoms with Gasteiger partial charge in [0.15, 0.2) is 0 Å². The minimum Gasteiger partial charge on any atom is -0.497 e. The lowest BCUT2D eigenvalue weighted by Gasteiger charge is -2.42. The van der Waals surface area contributed by atoms with E-state index in [1.165, 1.54) is 0 Å². The van der Waals surface area contributed by atoms with Crippen molar-refractivity contribution < 1.29 is 14.6 Å². The van der Waals surface area contributed by atoms with Gasteiger partial charge in [0, 0.05) is 71.7 Å². The number of hydrogen-bond donors (Lipinski definition) is 1. The van der Waals surface area contributed by atoms with Crippen LogP contribution in [-0.4, -0.2) is 105 Å². The predicted molar refractivity (Wildman–Crippen MR) is 116 cm³/mol. The van der Waals surface area contributed by atoms with Gasteiger partial charge < -0.3 is 24.5 Å². The molecule has 1 unspecified atom stereocenters. The molecule has 1 amide bonds. The van der Waals surface area contributed by atoms with Crippen LogP contribution in [0.4, 0.5) is 5.69 Å². The number of anilines is 1. The smallest absolute Gasteiger partial charge is 0.227 e. The van der Waals surface area contributed by atoms with Crippen LogP contribution in [0.3, 0.4) is 0 Å². The molecule has 2 saturated heterocycles. The van der Waals surface area contributed by atoms with Crippen molar-refractivity contribution in [1.29, 1.82) is 0 Å². The maximum atomic E-state index is 12.6. The van der Waals surface area contributed by atoms with Crippen LogP contribution in [0, 0.1) is 5.92 Å². The van der Waals surface area contributed by atoms with Gasteiger partial charge in [-0.15, -0.1) is 0 Å². The Balaban J connectivity index is 1.60. The third kappa shape index (κ3) is 5.62. The highest BCUT2D eigenvalue weighted by atomic mass is 16.5. The SMILES string of the molecule is COc1cccc(N2CCC(O)(CN3CCN(C)CC(C(=O)N(C)C)C3)CC2)c1. The lowest BCUT2D eigenvalue weighted by molar-refractivity contribution is -0.134. The van der Waals surface area contributed by atoms with Crippen molar-refractivity contribution in [3.05, 3.63) is 24.3 Å². The molecule has 1 N–H and O–H groups in total. The van der Waals surface area contributed by atoms with Gasteiger partial charge in [0.25, 0.3) is 0 Å². The fraction of sp³-hybridized carbons (Fsp3) is 0.682. The first kappa shape index (κ1) is 21.9. The van der Waals surface area contributed by atoms with Crippen molar-refractivity contribution in [2.45, 2.75) is 18.4 Å². The largest absolute Gasteiger partial charge is 0.497 e. The second-order valence-corrected chi connectivity index (χ2v) is 8.84. The van der Waals surface area contributed by atoms with Crippen LogP contribution in [0.1, 0.15) is 12.8 Å². The van der Waals surface area contributed by atoms with Gasteiger partial charge in [-0.2, -0.15) is 0 Å². The average Bonchev–Trinajstić information content (AvgIpc) is 2.89. The highest BCUT2D eigenvalue weighted by molar-refractivity contribution is 5.78. The molecule has 0 bridgehead atoms. The molecule has 0 radical (unpaired) electrons. The van der Waals surface area contributed by atoms with Gasteiger partial charge in [-0.05, 0) is 32.0 Å². The average molecular weight is 405 g/mol. The second kappa shape index (κ2) is 9.32. The molecule has 1 aromatic carbocycles. The molecule has 2 aliphatic rings. The summed E-state index contributed by atoms with van der Waals surface area (Å²) in [5.41, 5.74) is 0.434.